The standard InChI is InChI=1S/C26H22ClN5O2/c1-17-23(25(33)31-21-5-3-2-4-6-21)24(32-26(30-17)28-16-29-32)19-9-13-22(14-10-19)34-15-18-7-11-20(27)12-8-18/h2-14,16,24H,15H2,1H3,(H,31,33)(H,28,29,30). The molecule has 0 spiro atoms. The van der Waals surface area contributed by atoms with E-state index < -0.39 is 6.04 Å². The van der Waals surface area contributed by atoms with Gasteiger partial charge in [-0.15, -0.1) is 0 Å². The molecule has 1 aliphatic rings. The molecule has 3 aromatic carbocycles. The fourth-order valence-electron chi connectivity index (χ4n) is 3.91. The van der Waals surface area contributed by atoms with Gasteiger partial charge in [0.05, 0.1) is 5.57 Å². The number of benzene rings is 3. The second-order valence-corrected chi connectivity index (χ2v) is 8.34. The van der Waals surface area contributed by atoms with E-state index in [-0.39, 0.29) is 5.91 Å². The second-order valence-electron chi connectivity index (χ2n) is 7.90. The van der Waals surface area contributed by atoms with Crippen molar-refractivity contribution in [2.75, 3.05) is 10.6 Å². The number of halogens is 1. The number of rotatable bonds is 6. The third kappa shape index (κ3) is 4.51. The molecule has 2 N–H and O–H groups in total. The molecular formula is C26H22ClN5O2. The summed E-state index contributed by atoms with van der Waals surface area (Å²) < 4.78 is 7.64. The summed E-state index contributed by atoms with van der Waals surface area (Å²) in [6, 6.07) is 24.2. The predicted molar refractivity (Wildman–Crippen MR) is 132 cm³/mol. The van der Waals surface area contributed by atoms with E-state index in [9.17, 15) is 4.79 Å². The van der Waals surface area contributed by atoms with Crippen LogP contribution in [0.2, 0.25) is 5.02 Å². The Kier molecular flexibility index (Phi) is 6.01. The quantitative estimate of drug-likeness (QED) is 0.391. The van der Waals surface area contributed by atoms with Gasteiger partial charge in [0, 0.05) is 16.4 Å². The number of carbonyl (C=O) groups excluding carboxylic acids is 1. The van der Waals surface area contributed by atoms with Crippen LogP contribution < -0.4 is 15.4 Å². The summed E-state index contributed by atoms with van der Waals surface area (Å²) in [5, 5.41) is 11.2. The molecular weight excluding hydrogens is 450 g/mol. The molecule has 4 aromatic rings. The van der Waals surface area contributed by atoms with E-state index in [1.807, 2.05) is 85.8 Å². The fourth-order valence-corrected chi connectivity index (χ4v) is 4.03. The van der Waals surface area contributed by atoms with E-state index in [2.05, 4.69) is 20.7 Å². The summed E-state index contributed by atoms with van der Waals surface area (Å²) in [4.78, 5) is 17.6. The predicted octanol–water partition coefficient (Wildman–Crippen LogP) is 5.44. The number of amides is 1. The first kappa shape index (κ1) is 21.7. The van der Waals surface area contributed by atoms with Crippen LogP contribution in [0.15, 0.2) is 96.5 Å². The molecule has 2 heterocycles. The normalized spacial score (nSPS) is 14.8. The van der Waals surface area contributed by atoms with Crippen LogP contribution in [0.25, 0.3) is 0 Å². The first-order valence-electron chi connectivity index (χ1n) is 10.8. The zero-order valence-electron chi connectivity index (χ0n) is 18.4. The third-order valence-corrected chi connectivity index (χ3v) is 5.84. The smallest absolute Gasteiger partial charge is 0.255 e. The molecule has 7 nitrogen and oxygen atoms in total. The van der Waals surface area contributed by atoms with Gasteiger partial charge >= 0.3 is 0 Å². The van der Waals surface area contributed by atoms with Gasteiger partial charge in [0.25, 0.3) is 5.91 Å². The number of ether oxygens (including phenoxy) is 1. The molecule has 8 heteroatoms. The number of nitrogens with zero attached hydrogens (tertiary/aromatic N) is 3. The maximum atomic E-state index is 13.3. The highest BCUT2D eigenvalue weighted by Crippen LogP contribution is 2.35. The van der Waals surface area contributed by atoms with Gasteiger partial charge in [0.1, 0.15) is 24.7 Å². The summed E-state index contributed by atoms with van der Waals surface area (Å²) in [5.74, 6) is 1.11. The number of aromatic nitrogens is 3. The number of anilines is 2. The summed E-state index contributed by atoms with van der Waals surface area (Å²) in [7, 11) is 0. The number of nitrogens with one attached hydrogen (secondary N) is 2. The van der Waals surface area contributed by atoms with Gasteiger partial charge in [0.2, 0.25) is 5.95 Å². The molecule has 1 aromatic heterocycles. The minimum absolute atomic E-state index is 0.203. The molecule has 0 saturated heterocycles. The molecule has 1 atom stereocenters. The Morgan fingerprint density at radius 1 is 1.06 bits per heavy atom. The summed E-state index contributed by atoms with van der Waals surface area (Å²) >= 11 is 5.95. The van der Waals surface area contributed by atoms with Crippen LogP contribution >= 0.6 is 11.6 Å². The van der Waals surface area contributed by atoms with Gasteiger partial charge in [-0.05, 0) is 54.4 Å². The Balaban J connectivity index is 1.40. The zero-order chi connectivity index (χ0) is 23.5. The molecule has 0 fully saturated rings. The molecule has 0 saturated carbocycles. The lowest BCUT2D eigenvalue weighted by Crippen LogP contribution is -2.31. The van der Waals surface area contributed by atoms with E-state index >= 15 is 0 Å². The molecule has 0 aliphatic carbocycles. The molecule has 1 unspecified atom stereocenters. The van der Waals surface area contributed by atoms with Crippen molar-refractivity contribution in [3.05, 3.63) is 113 Å². The van der Waals surface area contributed by atoms with Gasteiger partial charge in [0.15, 0.2) is 0 Å². The minimum Gasteiger partial charge on any atom is -0.489 e. The van der Waals surface area contributed by atoms with Crippen LogP contribution in [0.5, 0.6) is 5.75 Å². The highest BCUT2D eigenvalue weighted by Gasteiger charge is 2.33. The first-order chi connectivity index (χ1) is 16.6. The highest BCUT2D eigenvalue weighted by atomic mass is 35.5. The van der Waals surface area contributed by atoms with Crippen LogP contribution in [0.4, 0.5) is 11.6 Å². The molecule has 170 valence electrons. The summed E-state index contributed by atoms with van der Waals surface area (Å²) in [6.45, 7) is 2.30. The number of hydrogen-bond acceptors (Lipinski definition) is 5. The second kappa shape index (κ2) is 9.41. The van der Waals surface area contributed by atoms with Crippen LogP contribution in [0, 0.1) is 0 Å². The Morgan fingerprint density at radius 3 is 2.53 bits per heavy atom. The average molecular weight is 472 g/mol. The fraction of sp³-hybridized carbons (Fsp3) is 0.115. The zero-order valence-corrected chi connectivity index (χ0v) is 19.2. The SMILES string of the molecule is CC1=C(C(=O)Nc2ccccc2)C(c2ccc(OCc3ccc(Cl)cc3)cc2)n2ncnc2N1. The van der Waals surface area contributed by atoms with Gasteiger partial charge < -0.3 is 15.4 Å². The Hall–Kier alpha value is -4.10. The number of para-hydroxylation sites is 1. The first-order valence-corrected chi connectivity index (χ1v) is 11.2. The lowest BCUT2D eigenvalue weighted by molar-refractivity contribution is -0.113. The number of hydrogen-bond donors (Lipinski definition) is 2. The lowest BCUT2D eigenvalue weighted by Gasteiger charge is -2.28. The topological polar surface area (TPSA) is 81.1 Å². The van der Waals surface area contributed by atoms with E-state index in [4.69, 9.17) is 16.3 Å². The molecule has 5 rings (SSSR count). The van der Waals surface area contributed by atoms with Crippen LogP contribution in [-0.4, -0.2) is 20.7 Å². The Labute approximate surface area is 202 Å². The van der Waals surface area contributed by atoms with Crippen molar-refractivity contribution >= 4 is 29.1 Å². The van der Waals surface area contributed by atoms with Crippen molar-refractivity contribution in [1.29, 1.82) is 0 Å². The van der Waals surface area contributed by atoms with Crippen LogP contribution in [0.3, 0.4) is 0 Å². The van der Waals surface area contributed by atoms with Crippen LogP contribution in [0.1, 0.15) is 24.1 Å². The Bertz CT molecular complexity index is 1330. The summed E-state index contributed by atoms with van der Waals surface area (Å²) in [6.07, 6.45) is 1.48. The van der Waals surface area contributed by atoms with Crippen molar-refractivity contribution in [2.24, 2.45) is 0 Å². The van der Waals surface area contributed by atoms with Crippen molar-refractivity contribution in [3.63, 3.8) is 0 Å². The van der Waals surface area contributed by atoms with Gasteiger partial charge in [-0.1, -0.05) is 54.1 Å². The lowest BCUT2D eigenvalue weighted by atomic mass is 9.95. The molecule has 34 heavy (non-hydrogen) atoms. The van der Waals surface area contributed by atoms with E-state index in [1.165, 1.54) is 6.33 Å². The van der Waals surface area contributed by atoms with Crippen molar-refractivity contribution in [2.45, 2.75) is 19.6 Å². The van der Waals surface area contributed by atoms with E-state index in [0.717, 1.165) is 28.3 Å². The van der Waals surface area contributed by atoms with Crippen LogP contribution in [-0.2, 0) is 11.4 Å². The van der Waals surface area contributed by atoms with E-state index in [1.54, 1.807) is 4.68 Å². The van der Waals surface area contributed by atoms with Crippen molar-refractivity contribution in [1.82, 2.24) is 14.8 Å². The number of carbonyl (C=O) groups is 1. The van der Waals surface area contributed by atoms with Crippen molar-refractivity contribution in [3.8, 4) is 5.75 Å². The van der Waals surface area contributed by atoms with Gasteiger partial charge in [-0.2, -0.15) is 10.1 Å². The largest absolute Gasteiger partial charge is 0.489 e. The summed E-state index contributed by atoms with van der Waals surface area (Å²) in [5.41, 5.74) is 3.93. The maximum Gasteiger partial charge on any atom is 0.255 e. The maximum absolute atomic E-state index is 13.3. The van der Waals surface area contributed by atoms with Gasteiger partial charge in [-0.25, -0.2) is 4.68 Å². The molecule has 0 radical (unpaired) electrons. The monoisotopic (exact) mass is 471 g/mol. The molecule has 0 bridgehead atoms. The van der Waals surface area contributed by atoms with E-state index in [0.29, 0.717) is 23.2 Å². The van der Waals surface area contributed by atoms with Crippen molar-refractivity contribution < 1.29 is 9.53 Å². The number of allylic oxidation sites excluding steroid dienone is 1. The van der Waals surface area contributed by atoms with Gasteiger partial charge in [-0.3, -0.25) is 4.79 Å². The third-order valence-electron chi connectivity index (χ3n) is 5.59. The Morgan fingerprint density at radius 2 is 1.79 bits per heavy atom. The average Bonchev–Trinajstić information content (AvgIpc) is 3.32. The molecule has 1 amide bonds. The molecule has 1 aliphatic heterocycles. The highest BCUT2D eigenvalue weighted by molar-refractivity contribution is 6.30. The minimum atomic E-state index is -0.437. The number of fused-ring (bicyclic) bond motifs is 1.